The summed E-state index contributed by atoms with van der Waals surface area (Å²) in [7, 11) is 3.15. The molecule has 0 unspecified atom stereocenters. The quantitative estimate of drug-likeness (QED) is 0.670. The zero-order valence-corrected chi connectivity index (χ0v) is 18.2. The molecule has 6 rings (SSSR count). The van der Waals surface area contributed by atoms with Crippen LogP contribution in [0.2, 0.25) is 0 Å². The number of amides is 4. The second-order valence-corrected chi connectivity index (χ2v) is 9.64. The number of rotatable bonds is 2. The van der Waals surface area contributed by atoms with Crippen molar-refractivity contribution >= 4 is 23.6 Å². The van der Waals surface area contributed by atoms with Gasteiger partial charge in [-0.2, -0.15) is 0 Å². The number of imide groups is 2. The van der Waals surface area contributed by atoms with E-state index in [4.69, 9.17) is 0 Å². The zero-order chi connectivity index (χ0) is 22.3. The highest BCUT2D eigenvalue weighted by atomic mass is 16.2. The highest BCUT2D eigenvalue weighted by Crippen LogP contribution is 2.46. The average Bonchev–Trinajstić information content (AvgIpc) is 3.30. The van der Waals surface area contributed by atoms with Gasteiger partial charge in [0, 0.05) is 44.9 Å². The molecule has 4 amide bonds. The number of fused-ring (bicyclic) bond motifs is 5. The third-order valence-corrected chi connectivity index (χ3v) is 8.13. The van der Waals surface area contributed by atoms with E-state index in [0.717, 1.165) is 28.1 Å². The number of aromatic nitrogens is 1. The first-order valence-electron chi connectivity index (χ1n) is 11.3. The highest BCUT2D eigenvalue weighted by molar-refractivity contribution is 6.06. The van der Waals surface area contributed by atoms with Crippen LogP contribution in [0.5, 0.6) is 0 Å². The Morgan fingerprint density at radius 3 is 1.50 bits per heavy atom. The fourth-order valence-corrected chi connectivity index (χ4v) is 6.42. The van der Waals surface area contributed by atoms with Gasteiger partial charge in [0.05, 0.1) is 23.7 Å². The zero-order valence-electron chi connectivity index (χ0n) is 18.2. The number of hydrogen-bond donors (Lipinski definition) is 0. The van der Waals surface area contributed by atoms with Crippen molar-refractivity contribution in [2.75, 3.05) is 14.1 Å². The number of hydrogen-bond acceptors (Lipinski definition) is 4. The van der Waals surface area contributed by atoms with Gasteiger partial charge in [-0.1, -0.05) is 30.3 Å². The lowest BCUT2D eigenvalue weighted by molar-refractivity contribution is -0.139. The van der Waals surface area contributed by atoms with E-state index in [1.54, 1.807) is 14.1 Å². The number of carbonyl (C=O) groups is 4. The van der Waals surface area contributed by atoms with Gasteiger partial charge in [0.1, 0.15) is 0 Å². The van der Waals surface area contributed by atoms with E-state index in [2.05, 4.69) is 16.7 Å². The molecule has 0 bridgehead atoms. The molecule has 7 heteroatoms. The van der Waals surface area contributed by atoms with Crippen molar-refractivity contribution in [1.29, 1.82) is 0 Å². The normalized spacial score (nSPS) is 28.7. The summed E-state index contributed by atoms with van der Waals surface area (Å²) in [6.45, 7) is 0.656. The number of likely N-dealkylation sites (tertiary alicyclic amines) is 2. The first kappa shape index (κ1) is 19.5. The molecule has 1 aromatic heterocycles. The average molecular weight is 431 g/mol. The lowest BCUT2D eigenvalue weighted by Gasteiger charge is -2.25. The van der Waals surface area contributed by atoms with Crippen molar-refractivity contribution in [3.05, 3.63) is 58.4 Å². The molecule has 2 saturated heterocycles. The standard InChI is InChI=1S/C25H25N3O4/c1-26-22(29)16-8-14-15-9-17-19(25(32)27(2)23(17)30)11-21(15)28(12-13-6-4-3-5-7-13)20(14)10-18(16)24(26)31/h3-7,16-19H,8-12H2,1-2H3/t16-,17+,18+,19-. The molecule has 0 radical (unpaired) electrons. The third kappa shape index (κ3) is 2.48. The maximum atomic E-state index is 12.8. The van der Waals surface area contributed by atoms with Crippen molar-refractivity contribution in [3.63, 3.8) is 0 Å². The first-order valence-corrected chi connectivity index (χ1v) is 11.3. The predicted octanol–water partition coefficient (Wildman–Crippen LogP) is 1.20. The predicted molar refractivity (Wildman–Crippen MR) is 114 cm³/mol. The summed E-state index contributed by atoms with van der Waals surface area (Å²) in [5.74, 6) is -1.68. The Bertz CT molecular complexity index is 1130. The first-order chi connectivity index (χ1) is 15.4. The van der Waals surface area contributed by atoms with Gasteiger partial charge in [0.15, 0.2) is 0 Å². The third-order valence-electron chi connectivity index (χ3n) is 8.13. The molecule has 2 aliphatic heterocycles. The van der Waals surface area contributed by atoms with E-state index in [-0.39, 0.29) is 47.3 Å². The van der Waals surface area contributed by atoms with Crippen molar-refractivity contribution in [1.82, 2.24) is 14.4 Å². The summed E-state index contributed by atoms with van der Waals surface area (Å²) in [5.41, 5.74) is 5.60. The Hall–Kier alpha value is -3.22. The Labute approximate surface area is 186 Å². The van der Waals surface area contributed by atoms with Crippen LogP contribution in [-0.4, -0.2) is 52.1 Å². The lowest BCUT2D eigenvalue weighted by Crippen LogP contribution is -2.30. The van der Waals surface area contributed by atoms with Crippen molar-refractivity contribution in [3.8, 4) is 0 Å². The molecular formula is C25H25N3O4. The van der Waals surface area contributed by atoms with Crippen molar-refractivity contribution in [2.24, 2.45) is 23.7 Å². The molecule has 0 N–H and O–H groups in total. The maximum absolute atomic E-state index is 12.8. The van der Waals surface area contributed by atoms with Crippen LogP contribution in [0, 0.1) is 23.7 Å². The molecule has 7 nitrogen and oxygen atoms in total. The summed E-state index contributed by atoms with van der Waals surface area (Å²) in [6, 6.07) is 10.1. The fourth-order valence-electron chi connectivity index (χ4n) is 6.42. The number of nitrogens with zero attached hydrogens (tertiary/aromatic N) is 3. The minimum Gasteiger partial charge on any atom is -0.344 e. The van der Waals surface area contributed by atoms with Crippen LogP contribution >= 0.6 is 0 Å². The van der Waals surface area contributed by atoms with Crippen LogP contribution in [0.15, 0.2) is 30.3 Å². The van der Waals surface area contributed by atoms with Gasteiger partial charge in [0.25, 0.3) is 0 Å². The summed E-state index contributed by atoms with van der Waals surface area (Å²) < 4.78 is 2.28. The molecule has 2 fully saturated rings. The second kappa shape index (κ2) is 6.64. The minimum atomic E-state index is -0.321. The molecule has 32 heavy (non-hydrogen) atoms. The van der Waals surface area contributed by atoms with Crippen LogP contribution in [0.3, 0.4) is 0 Å². The highest BCUT2D eigenvalue weighted by Gasteiger charge is 2.53. The largest absolute Gasteiger partial charge is 0.344 e. The monoisotopic (exact) mass is 431 g/mol. The number of carbonyl (C=O) groups excluding carboxylic acids is 4. The van der Waals surface area contributed by atoms with Crippen molar-refractivity contribution < 1.29 is 19.2 Å². The summed E-state index contributed by atoms with van der Waals surface area (Å²) in [6.07, 6.45) is 2.14. The van der Waals surface area contributed by atoms with Gasteiger partial charge < -0.3 is 4.57 Å². The molecule has 0 saturated carbocycles. The molecule has 1 aromatic carbocycles. The van der Waals surface area contributed by atoms with Crippen LogP contribution < -0.4 is 0 Å². The minimum absolute atomic E-state index is 0.0973. The van der Waals surface area contributed by atoms with Gasteiger partial charge >= 0.3 is 0 Å². The molecule has 164 valence electrons. The lowest BCUT2D eigenvalue weighted by atomic mass is 9.74. The van der Waals surface area contributed by atoms with E-state index >= 15 is 0 Å². The molecular weight excluding hydrogens is 406 g/mol. The van der Waals surface area contributed by atoms with Crippen LogP contribution in [0.1, 0.15) is 28.1 Å². The van der Waals surface area contributed by atoms with Gasteiger partial charge in [0.2, 0.25) is 23.6 Å². The van der Waals surface area contributed by atoms with E-state index in [1.165, 1.54) is 9.80 Å². The van der Waals surface area contributed by atoms with E-state index in [0.29, 0.717) is 32.2 Å². The number of benzene rings is 1. The maximum Gasteiger partial charge on any atom is 0.233 e. The fraction of sp³-hybridized carbons (Fsp3) is 0.440. The van der Waals surface area contributed by atoms with Gasteiger partial charge in [-0.3, -0.25) is 29.0 Å². The summed E-state index contributed by atoms with van der Waals surface area (Å²) in [5, 5.41) is 0. The smallest absolute Gasteiger partial charge is 0.233 e. The van der Waals surface area contributed by atoms with Crippen LogP contribution in [-0.2, 0) is 51.4 Å². The van der Waals surface area contributed by atoms with E-state index in [1.807, 2.05) is 18.2 Å². The van der Waals surface area contributed by atoms with Gasteiger partial charge in [-0.15, -0.1) is 0 Å². The molecule has 4 aliphatic rings. The second-order valence-electron chi connectivity index (χ2n) is 9.64. The Balaban J connectivity index is 1.48. The van der Waals surface area contributed by atoms with Gasteiger partial charge in [-0.05, 0) is 29.5 Å². The van der Waals surface area contributed by atoms with E-state index in [9.17, 15) is 19.2 Å². The Morgan fingerprint density at radius 1 is 0.656 bits per heavy atom. The van der Waals surface area contributed by atoms with Gasteiger partial charge in [-0.25, -0.2) is 0 Å². The van der Waals surface area contributed by atoms with Crippen molar-refractivity contribution in [2.45, 2.75) is 32.2 Å². The molecule has 0 spiro atoms. The van der Waals surface area contributed by atoms with Crippen LogP contribution in [0.4, 0.5) is 0 Å². The van der Waals surface area contributed by atoms with E-state index < -0.39 is 0 Å². The van der Waals surface area contributed by atoms with Crippen LogP contribution in [0.25, 0.3) is 0 Å². The molecule has 2 aromatic rings. The Kier molecular flexibility index (Phi) is 4.04. The molecule has 2 aliphatic carbocycles. The SMILES string of the molecule is CN1C(=O)[C@H]2Cc3c(c4c(n3Cc3ccccc3)C[C@H]3C(=O)N(C)C(=O)[C@H]3C4)C[C@H]2C1=O. The topological polar surface area (TPSA) is 79.7 Å². The summed E-state index contributed by atoms with van der Waals surface area (Å²) in [4.78, 5) is 53.5. The molecule has 3 heterocycles. The summed E-state index contributed by atoms with van der Waals surface area (Å²) >= 11 is 0. The Morgan fingerprint density at radius 2 is 1.06 bits per heavy atom. The molecule has 4 atom stereocenters.